The largest absolute Gasteiger partial charge is 0.464 e. The number of hydrogen-bond acceptors (Lipinski definition) is 5. The number of aromatic nitrogens is 2. The molecule has 6 nitrogen and oxygen atoms in total. The van der Waals surface area contributed by atoms with Gasteiger partial charge in [0.1, 0.15) is 17.1 Å². The summed E-state index contributed by atoms with van der Waals surface area (Å²) in [6, 6.07) is 3.90. The Morgan fingerprint density at radius 1 is 1.50 bits per heavy atom. The van der Waals surface area contributed by atoms with Crippen molar-refractivity contribution in [2.45, 2.75) is 37.5 Å². The van der Waals surface area contributed by atoms with E-state index in [-0.39, 0.29) is 17.0 Å². The molecule has 2 atom stereocenters. The number of carbonyl (C=O) groups excluding carboxylic acids is 1. The second kappa shape index (κ2) is 5.81. The number of rotatable bonds is 4. The molecular weight excluding hydrogens is 326 g/mol. The SMILES string of the molecule is C[C@H]1C[C@H]1c1ccc(CN(C)C(=O)c2cnc3n(c2=O)CCS3)o1. The summed E-state index contributed by atoms with van der Waals surface area (Å²) in [5.41, 5.74) is -0.139. The van der Waals surface area contributed by atoms with E-state index >= 15 is 0 Å². The minimum absolute atomic E-state index is 0.117. The van der Waals surface area contributed by atoms with Crippen LogP contribution in [0.5, 0.6) is 0 Å². The molecule has 1 saturated carbocycles. The first-order valence-electron chi connectivity index (χ1n) is 8.11. The molecule has 7 heteroatoms. The van der Waals surface area contributed by atoms with Gasteiger partial charge in [-0.1, -0.05) is 18.7 Å². The van der Waals surface area contributed by atoms with Crippen LogP contribution >= 0.6 is 11.8 Å². The molecule has 2 aromatic rings. The Morgan fingerprint density at radius 2 is 2.29 bits per heavy atom. The molecule has 0 radical (unpaired) electrons. The van der Waals surface area contributed by atoms with Crippen LogP contribution in [-0.4, -0.2) is 33.2 Å². The van der Waals surface area contributed by atoms with Gasteiger partial charge in [-0.05, 0) is 24.5 Å². The maximum Gasteiger partial charge on any atom is 0.267 e. The summed E-state index contributed by atoms with van der Waals surface area (Å²) < 4.78 is 7.42. The first-order valence-corrected chi connectivity index (χ1v) is 9.10. The van der Waals surface area contributed by atoms with Crippen molar-refractivity contribution in [2.75, 3.05) is 12.8 Å². The van der Waals surface area contributed by atoms with E-state index in [0.717, 1.165) is 23.7 Å². The van der Waals surface area contributed by atoms with Crippen LogP contribution in [0.2, 0.25) is 0 Å². The van der Waals surface area contributed by atoms with Crippen molar-refractivity contribution in [3.63, 3.8) is 0 Å². The first-order chi connectivity index (χ1) is 11.5. The number of fused-ring (bicyclic) bond motifs is 1. The number of hydrogen-bond donors (Lipinski definition) is 0. The minimum Gasteiger partial charge on any atom is -0.464 e. The average molecular weight is 345 g/mol. The molecule has 1 aliphatic carbocycles. The highest BCUT2D eigenvalue weighted by Gasteiger charge is 2.36. The maximum atomic E-state index is 12.6. The summed E-state index contributed by atoms with van der Waals surface area (Å²) in [5, 5.41) is 0.688. The third-order valence-corrected chi connectivity index (χ3v) is 5.65. The predicted molar refractivity (Wildman–Crippen MR) is 90.2 cm³/mol. The van der Waals surface area contributed by atoms with Crippen LogP contribution < -0.4 is 5.56 Å². The molecule has 0 unspecified atom stereocenters. The zero-order valence-electron chi connectivity index (χ0n) is 13.7. The van der Waals surface area contributed by atoms with Gasteiger partial charge in [-0.25, -0.2) is 4.98 Å². The van der Waals surface area contributed by atoms with Gasteiger partial charge in [0.25, 0.3) is 11.5 Å². The van der Waals surface area contributed by atoms with Crippen molar-refractivity contribution < 1.29 is 9.21 Å². The topological polar surface area (TPSA) is 68.3 Å². The highest BCUT2D eigenvalue weighted by Crippen LogP contribution is 2.47. The van der Waals surface area contributed by atoms with E-state index in [4.69, 9.17) is 4.42 Å². The zero-order valence-corrected chi connectivity index (χ0v) is 14.5. The van der Waals surface area contributed by atoms with Gasteiger partial charge in [0.2, 0.25) is 0 Å². The van der Waals surface area contributed by atoms with Gasteiger partial charge >= 0.3 is 0 Å². The molecule has 1 fully saturated rings. The lowest BCUT2D eigenvalue weighted by molar-refractivity contribution is 0.0771. The number of thioether (sulfide) groups is 1. The van der Waals surface area contributed by atoms with Crippen molar-refractivity contribution in [3.05, 3.63) is 45.8 Å². The Morgan fingerprint density at radius 3 is 3.04 bits per heavy atom. The highest BCUT2D eigenvalue weighted by molar-refractivity contribution is 7.99. The minimum atomic E-state index is -0.322. The van der Waals surface area contributed by atoms with Crippen molar-refractivity contribution >= 4 is 17.7 Å². The third-order valence-electron chi connectivity index (χ3n) is 4.68. The van der Waals surface area contributed by atoms with E-state index in [1.165, 1.54) is 22.9 Å². The van der Waals surface area contributed by atoms with Gasteiger partial charge < -0.3 is 9.32 Å². The normalized spacial score (nSPS) is 21.6. The number of amides is 1. The monoisotopic (exact) mass is 345 g/mol. The molecule has 0 spiro atoms. The fourth-order valence-corrected chi connectivity index (χ4v) is 3.99. The predicted octanol–water partition coefficient (Wildman–Crippen LogP) is 2.34. The Bertz CT molecular complexity index is 857. The van der Waals surface area contributed by atoms with Crippen LogP contribution in [0.4, 0.5) is 0 Å². The molecule has 0 N–H and O–H groups in total. The first kappa shape index (κ1) is 15.5. The highest BCUT2D eigenvalue weighted by atomic mass is 32.2. The molecule has 126 valence electrons. The molecule has 0 saturated heterocycles. The lowest BCUT2D eigenvalue weighted by Gasteiger charge is -2.15. The summed E-state index contributed by atoms with van der Waals surface area (Å²) in [4.78, 5) is 30.8. The summed E-state index contributed by atoms with van der Waals surface area (Å²) in [6.07, 6.45) is 2.56. The zero-order chi connectivity index (χ0) is 16.8. The van der Waals surface area contributed by atoms with Crippen molar-refractivity contribution in [1.82, 2.24) is 14.5 Å². The molecule has 0 bridgehead atoms. The number of furan rings is 1. The smallest absolute Gasteiger partial charge is 0.267 e. The lowest BCUT2D eigenvalue weighted by atomic mass is 10.2. The molecule has 0 aromatic carbocycles. The fourth-order valence-electron chi connectivity index (χ4n) is 3.07. The molecule has 24 heavy (non-hydrogen) atoms. The second-order valence-corrected chi connectivity index (χ2v) is 7.61. The summed E-state index contributed by atoms with van der Waals surface area (Å²) in [5.74, 6) is 3.43. The van der Waals surface area contributed by atoms with Gasteiger partial charge in [-0.15, -0.1) is 0 Å². The van der Waals surface area contributed by atoms with Gasteiger partial charge in [0.15, 0.2) is 5.16 Å². The average Bonchev–Trinajstić information content (AvgIpc) is 2.97. The molecule has 1 aliphatic heterocycles. The van der Waals surface area contributed by atoms with Gasteiger partial charge in [-0.3, -0.25) is 14.2 Å². The Hall–Kier alpha value is -2.02. The van der Waals surface area contributed by atoms with Crippen LogP contribution in [0, 0.1) is 5.92 Å². The molecule has 3 heterocycles. The fraction of sp³-hybridized carbons (Fsp3) is 0.471. The Kier molecular flexibility index (Phi) is 3.75. The van der Waals surface area contributed by atoms with Crippen LogP contribution in [0.25, 0.3) is 0 Å². The second-order valence-electron chi connectivity index (χ2n) is 6.54. The van der Waals surface area contributed by atoms with E-state index in [0.29, 0.717) is 30.1 Å². The molecule has 2 aliphatic rings. The van der Waals surface area contributed by atoms with E-state index in [2.05, 4.69) is 11.9 Å². The van der Waals surface area contributed by atoms with Crippen LogP contribution in [0.1, 0.15) is 41.1 Å². The number of nitrogens with zero attached hydrogens (tertiary/aromatic N) is 3. The van der Waals surface area contributed by atoms with E-state index in [1.54, 1.807) is 11.6 Å². The lowest BCUT2D eigenvalue weighted by Crippen LogP contribution is -2.34. The maximum absolute atomic E-state index is 12.6. The standard InChI is InChI=1S/C17H19N3O3S/c1-10-7-12(10)14-4-3-11(23-14)9-19(2)15(21)13-8-18-17-20(16(13)22)5-6-24-17/h3-4,8,10,12H,5-7,9H2,1-2H3/t10-,12+/m0/s1. The van der Waals surface area contributed by atoms with Crippen LogP contribution in [0.3, 0.4) is 0 Å². The third kappa shape index (κ3) is 2.66. The number of carbonyl (C=O) groups is 1. The molecular formula is C17H19N3O3S. The Labute approximate surface area is 143 Å². The molecule has 4 rings (SSSR count). The summed E-state index contributed by atoms with van der Waals surface area (Å²) in [7, 11) is 1.68. The van der Waals surface area contributed by atoms with Gasteiger partial charge in [0.05, 0.1) is 6.54 Å². The van der Waals surface area contributed by atoms with E-state index in [1.807, 2.05) is 12.1 Å². The van der Waals surface area contributed by atoms with Crippen molar-refractivity contribution in [1.29, 1.82) is 0 Å². The Balaban J connectivity index is 1.50. The van der Waals surface area contributed by atoms with Crippen LogP contribution in [0.15, 0.2) is 32.7 Å². The molecule has 2 aromatic heterocycles. The summed E-state index contributed by atoms with van der Waals surface area (Å²) in [6.45, 7) is 3.16. The quantitative estimate of drug-likeness (QED) is 0.796. The van der Waals surface area contributed by atoms with Crippen molar-refractivity contribution in [3.8, 4) is 0 Å². The van der Waals surface area contributed by atoms with Crippen molar-refractivity contribution in [2.24, 2.45) is 5.92 Å². The molecule has 1 amide bonds. The van der Waals surface area contributed by atoms with E-state index < -0.39 is 0 Å². The van der Waals surface area contributed by atoms with Gasteiger partial charge in [-0.2, -0.15) is 0 Å². The summed E-state index contributed by atoms with van der Waals surface area (Å²) >= 11 is 1.54. The van der Waals surface area contributed by atoms with Gasteiger partial charge in [0, 0.05) is 31.5 Å². The van der Waals surface area contributed by atoms with Crippen LogP contribution in [-0.2, 0) is 13.1 Å². The van der Waals surface area contributed by atoms with E-state index in [9.17, 15) is 9.59 Å².